The number of rotatable bonds is 5. The van der Waals surface area contributed by atoms with Crippen molar-refractivity contribution in [3.63, 3.8) is 0 Å². The van der Waals surface area contributed by atoms with Crippen molar-refractivity contribution in [2.45, 2.75) is 24.3 Å². The van der Waals surface area contributed by atoms with Crippen molar-refractivity contribution >= 4 is 44.9 Å². The first-order valence-corrected chi connectivity index (χ1v) is 10.5. The van der Waals surface area contributed by atoms with E-state index < -0.39 is 0 Å². The van der Waals surface area contributed by atoms with E-state index in [0.29, 0.717) is 5.16 Å². The molecule has 0 aliphatic carbocycles. The molecule has 0 fully saturated rings. The minimum absolute atomic E-state index is 0.0827. The van der Waals surface area contributed by atoms with Gasteiger partial charge in [-0.05, 0) is 61.9 Å². The Morgan fingerprint density at radius 2 is 1.86 bits per heavy atom. The van der Waals surface area contributed by atoms with E-state index in [2.05, 4.69) is 40.4 Å². The molecule has 1 unspecified atom stereocenters. The Kier molecular flexibility index (Phi) is 5.36. The van der Waals surface area contributed by atoms with Gasteiger partial charge in [0.2, 0.25) is 5.91 Å². The Balaban J connectivity index is 1.44. The number of carbonyl (C=O) groups is 1. The minimum atomic E-state index is -0.297. The summed E-state index contributed by atoms with van der Waals surface area (Å²) in [5.41, 5.74) is 4.04. The van der Waals surface area contributed by atoms with Crippen molar-refractivity contribution in [3.8, 4) is 10.6 Å². The molecule has 2 heterocycles. The van der Waals surface area contributed by atoms with Gasteiger partial charge in [0.05, 0.1) is 15.5 Å². The third kappa shape index (κ3) is 4.21. The van der Waals surface area contributed by atoms with Crippen LogP contribution in [0, 0.1) is 6.92 Å². The Morgan fingerprint density at radius 3 is 2.61 bits per heavy atom. The number of benzene rings is 2. The maximum atomic E-state index is 12.4. The lowest BCUT2D eigenvalue weighted by Crippen LogP contribution is -2.22. The van der Waals surface area contributed by atoms with Gasteiger partial charge in [0.25, 0.3) is 0 Å². The van der Waals surface area contributed by atoms with Crippen LogP contribution in [0.5, 0.6) is 0 Å². The molecule has 0 aliphatic heterocycles. The number of thiazole rings is 1. The molecule has 1 amide bonds. The van der Waals surface area contributed by atoms with Crippen LogP contribution >= 0.6 is 23.1 Å². The zero-order chi connectivity index (χ0) is 19.5. The molecule has 140 valence electrons. The molecule has 1 atom stereocenters. The van der Waals surface area contributed by atoms with E-state index in [4.69, 9.17) is 4.98 Å². The standard InChI is InChI=1S/C21H18N4OS2/c1-13-4-9-17-18(12-13)28-20(25-17)15-5-7-16(8-6-15)24-19(26)14(2)27-21-22-10-3-11-23-21/h3-12,14H,1-2H3,(H,24,26). The highest BCUT2D eigenvalue weighted by molar-refractivity contribution is 8.00. The highest BCUT2D eigenvalue weighted by Crippen LogP contribution is 2.31. The number of aromatic nitrogens is 3. The van der Waals surface area contributed by atoms with Crippen LogP contribution in [0.2, 0.25) is 0 Å². The molecule has 1 N–H and O–H groups in total. The number of anilines is 1. The van der Waals surface area contributed by atoms with Crippen LogP contribution in [0.1, 0.15) is 12.5 Å². The van der Waals surface area contributed by atoms with Crippen molar-refractivity contribution in [1.82, 2.24) is 15.0 Å². The van der Waals surface area contributed by atoms with Crippen LogP contribution in [-0.2, 0) is 4.79 Å². The van der Waals surface area contributed by atoms with E-state index in [0.717, 1.165) is 21.8 Å². The van der Waals surface area contributed by atoms with Gasteiger partial charge in [-0.1, -0.05) is 17.8 Å². The number of nitrogens with zero attached hydrogens (tertiary/aromatic N) is 3. The maximum Gasteiger partial charge on any atom is 0.237 e. The smallest absolute Gasteiger partial charge is 0.237 e. The Bertz CT molecular complexity index is 1110. The number of amides is 1. The molecule has 2 aromatic heterocycles. The first-order valence-electron chi connectivity index (χ1n) is 8.81. The van der Waals surface area contributed by atoms with E-state index in [1.54, 1.807) is 29.8 Å². The number of thioether (sulfide) groups is 1. The van der Waals surface area contributed by atoms with Crippen LogP contribution < -0.4 is 5.32 Å². The molecule has 0 radical (unpaired) electrons. The van der Waals surface area contributed by atoms with Crippen molar-refractivity contribution in [2.75, 3.05) is 5.32 Å². The second-order valence-corrected chi connectivity index (χ2v) is 8.69. The van der Waals surface area contributed by atoms with Crippen LogP contribution in [0.25, 0.3) is 20.8 Å². The van der Waals surface area contributed by atoms with Gasteiger partial charge in [-0.25, -0.2) is 15.0 Å². The summed E-state index contributed by atoms with van der Waals surface area (Å²) in [4.78, 5) is 25.4. The third-order valence-electron chi connectivity index (χ3n) is 4.14. The number of nitrogens with one attached hydrogen (secondary N) is 1. The monoisotopic (exact) mass is 406 g/mol. The van der Waals surface area contributed by atoms with Crippen LogP contribution in [0.3, 0.4) is 0 Å². The highest BCUT2D eigenvalue weighted by atomic mass is 32.2. The fourth-order valence-corrected chi connectivity index (χ4v) is 4.45. The summed E-state index contributed by atoms with van der Waals surface area (Å²) in [6, 6.07) is 15.8. The van der Waals surface area contributed by atoms with Crippen LogP contribution in [0.15, 0.2) is 66.1 Å². The third-order valence-corrected chi connectivity index (χ3v) is 6.19. The lowest BCUT2D eigenvalue weighted by atomic mass is 10.2. The van der Waals surface area contributed by atoms with Crippen molar-refractivity contribution in [3.05, 3.63) is 66.5 Å². The van der Waals surface area contributed by atoms with Crippen LogP contribution in [0.4, 0.5) is 5.69 Å². The largest absolute Gasteiger partial charge is 0.325 e. The molecule has 2 aromatic carbocycles. The average Bonchev–Trinajstić information content (AvgIpc) is 3.12. The van der Waals surface area contributed by atoms with Gasteiger partial charge in [-0.15, -0.1) is 11.3 Å². The summed E-state index contributed by atoms with van der Waals surface area (Å²) >= 11 is 3.01. The van der Waals surface area contributed by atoms with Gasteiger partial charge < -0.3 is 5.32 Å². The van der Waals surface area contributed by atoms with Gasteiger partial charge in [0.1, 0.15) is 5.01 Å². The molecule has 28 heavy (non-hydrogen) atoms. The fraction of sp³-hybridized carbons (Fsp3) is 0.143. The average molecular weight is 407 g/mol. The van der Waals surface area contributed by atoms with E-state index in [-0.39, 0.29) is 11.2 Å². The Labute approximate surface area is 171 Å². The lowest BCUT2D eigenvalue weighted by Gasteiger charge is -2.11. The summed E-state index contributed by atoms with van der Waals surface area (Å²) in [6.45, 7) is 3.92. The topological polar surface area (TPSA) is 67.8 Å². The normalized spacial score (nSPS) is 12.1. The van der Waals surface area contributed by atoms with Gasteiger partial charge in [0.15, 0.2) is 5.16 Å². The van der Waals surface area contributed by atoms with Crippen molar-refractivity contribution in [1.29, 1.82) is 0 Å². The summed E-state index contributed by atoms with van der Waals surface area (Å²) in [6.07, 6.45) is 3.34. The SMILES string of the molecule is Cc1ccc2nc(-c3ccc(NC(=O)C(C)Sc4ncccn4)cc3)sc2c1. The molecule has 7 heteroatoms. The molecule has 0 aliphatic rings. The number of fused-ring (bicyclic) bond motifs is 1. The van der Waals surface area contributed by atoms with Gasteiger partial charge >= 0.3 is 0 Å². The Hall–Kier alpha value is -2.77. The van der Waals surface area contributed by atoms with Crippen LogP contribution in [-0.4, -0.2) is 26.1 Å². The molecule has 4 rings (SSSR count). The summed E-state index contributed by atoms with van der Waals surface area (Å²) < 4.78 is 1.18. The van der Waals surface area contributed by atoms with Gasteiger partial charge in [-0.2, -0.15) is 0 Å². The van der Waals surface area contributed by atoms with E-state index >= 15 is 0 Å². The molecule has 0 saturated carbocycles. The zero-order valence-corrected chi connectivity index (χ0v) is 17.1. The van der Waals surface area contributed by atoms with E-state index in [1.807, 2.05) is 31.2 Å². The maximum absolute atomic E-state index is 12.4. The molecular formula is C21H18N4OS2. The number of hydrogen-bond acceptors (Lipinski definition) is 6. The van der Waals surface area contributed by atoms with Crippen molar-refractivity contribution in [2.24, 2.45) is 0 Å². The summed E-state index contributed by atoms with van der Waals surface area (Å²) in [7, 11) is 0. The van der Waals surface area contributed by atoms with Crippen molar-refractivity contribution < 1.29 is 4.79 Å². The number of hydrogen-bond donors (Lipinski definition) is 1. The predicted octanol–water partition coefficient (Wildman–Crippen LogP) is 5.18. The number of carbonyl (C=O) groups excluding carboxylic acids is 1. The van der Waals surface area contributed by atoms with E-state index in [9.17, 15) is 4.79 Å². The highest BCUT2D eigenvalue weighted by Gasteiger charge is 2.16. The summed E-state index contributed by atoms with van der Waals surface area (Å²) in [5.74, 6) is -0.0827. The fourth-order valence-electron chi connectivity index (χ4n) is 2.65. The lowest BCUT2D eigenvalue weighted by molar-refractivity contribution is -0.115. The Morgan fingerprint density at radius 1 is 1.11 bits per heavy atom. The quantitative estimate of drug-likeness (QED) is 0.365. The zero-order valence-electron chi connectivity index (χ0n) is 15.4. The molecule has 4 aromatic rings. The minimum Gasteiger partial charge on any atom is -0.325 e. The molecular weight excluding hydrogens is 388 g/mol. The van der Waals surface area contributed by atoms with Gasteiger partial charge in [-0.3, -0.25) is 4.79 Å². The first-order chi connectivity index (χ1) is 13.6. The predicted molar refractivity (Wildman–Crippen MR) is 116 cm³/mol. The molecule has 5 nitrogen and oxygen atoms in total. The molecule has 0 saturated heterocycles. The van der Waals surface area contributed by atoms with E-state index in [1.165, 1.54) is 22.0 Å². The molecule has 0 spiro atoms. The first kappa shape index (κ1) is 18.6. The van der Waals surface area contributed by atoms with Gasteiger partial charge in [0, 0.05) is 23.6 Å². The summed E-state index contributed by atoms with van der Waals surface area (Å²) in [5, 5.41) is 4.21. The number of aryl methyl sites for hydroxylation is 1. The second kappa shape index (κ2) is 8.08. The molecule has 0 bridgehead atoms. The second-order valence-electron chi connectivity index (χ2n) is 6.35.